The smallest absolute Gasteiger partial charge is 0.398 e. The summed E-state index contributed by atoms with van der Waals surface area (Å²) in [4.78, 5) is 4.36. The lowest BCUT2D eigenvalue weighted by Crippen LogP contribution is -2.41. The number of imidazole rings is 1. The third-order valence-corrected chi connectivity index (χ3v) is 3.71. The first-order chi connectivity index (χ1) is 7.73. The summed E-state index contributed by atoms with van der Waals surface area (Å²) in [5, 5.41) is 0. The fraction of sp³-hybridized carbons (Fsp3) is 0.750. The lowest BCUT2D eigenvalue weighted by Gasteiger charge is -2.32. The number of hydrogen-bond donors (Lipinski definition) is 0. The third kappa shape index (κ3) is 2.14. The second-order valence-electron chi connectivity index (χ2n) is 5.93. The van der Waals surface area contributed by atoms with Crippen LogP contribution in [0.25, 0.3) is 0 Å². The molecule has 0 saturated carbocycles. The van der Waals surface area contributed by atoms with Crippen molar-refractivity contribution in [2.75, 3.05) is 0 Å². The summed E-state index contributed by atoms with van der Waals surface area (Å²) in [6, 6.07) is 0.402. The van der Waals surface area contributed by atoms with Crippen LogP contribution in [0.3, 0.4) is 0 Å². The summed E-state index contributed by atoms with van der Waals surface area (Å²) in [5.41, 5.74) is 0.232. The van der Waals surface area contributed by atoms with Crippen molar-refractivity contribution >= 4 is 12.7 Å². The van der Waals surface area contributed by atoms with Gasteiger partial charge in [-0.1, -0.05) is 0 Å². The van der Waals surface area contributed by atoms with Crippen LogP contribution in [-0.4, -0.2) is 27.9 Å². The molecular formula is C12H21BN2O2. The zero-order valence-corrected chi connectivity index (χ0v) is 11.5. The number of nitrogens with zero attached hydrogens (tertiary/aromatic N) is 2. The van der Waals surface area contributed by atoms with Gasteiger partial charge in [0.25, 0.3) is 0 Å². The number of hydrogen-bond acceptors (Lipinski definition) is 3. The maximum Gasteiger partial charge on any atom is 0.516 e. The molecule has 1 aromatic rings. The number of aromatic nitrogens is 2. The molecule has 0 radical (unpaired) electrons. The first kappa shape index (κ1) is 12.6. The van der Waals surface area contributed by atoms with E-state index in [4.69, 9.17) is 9.31 Å². The largest absolute Gasteiger partial charge is 0.516 e. The van der Waals surface area contributed by atoms with Gasteiger partial charge in [0.15, 0.2) is 0 Å². The first-order valence-electron chi connectivity index (χ1n) is 6.12. The van der Waals surface area contributed by atoms with Crippen LogP contribution in [0, 0.1) is 0 Å². The monoisotopic (exact) mass is 236 g/mol. The van der Waals surface area contributed by atoms with Gasteiger partial charge in [-0.25, -0.2) is 4.98 Å². The van der Waals surface area contributed by atoms with Crippen LogP contribution in [0.4, 0.5) is 0 Å². The summed E-state index contributed by atoms with van der Waals surface area (Å²) < 4.78 is 13.9. The average Bonchev–Trinajstić information content (AvgIpc) is 2.70. The molecule has 2 rings (SSSR count). The maximum absolute atomic E-state index is 5.95. The Balaban J connectivity index is 2.20. The molecule has 0 spiro atoms. The molecule has 0 unspecified atom stereocenters. The molecule has 2 heterocycles. The molecule has 1 aliphatic heterocycles. The third-order valence-electron chi connectivity index (χ3n) is 3.71. The first-order valence-corrected chi connectivity index (χ1v) is 6.12. The highest BCUT2D eigenvalue weighted by molar-refractivity contribution is 6.61. The van der Waals surface area contributed by atoms with Crippen LogP contribution < -0.4 is 5.59 Å². The van der Waals surface area contributed by atoms with Crippen LogP contribution >= 0.6 is 0 Å². The fourth-order valence-electron chi connectivity index (χ4n) is 1.72. The van der Waals surface area contributed by atoms with E-state index >= 15 is 0 Å². The van der Waals surface area contributed by atoms with Gasteiger partial charge >= 0.3 is 7.12 Å². The molecule has 1 aromatic heterocycles. The summed E-state index contributed by atoms with van der Waals surface area (Å²) in [6.45, 7) is 12.4. The Morgan fingerprint density at radius 2 is 1.71 bits per heavy atom. The predicted octanol–water partition coefficient (Wildman–Crippen LogP) is 1.76. The molecule has 0 N–H and O–H groups in total. The van der Waals surface area contributed by atoms with E-state index in [2.05, 4.69) is 23.4 Å². The molecule has 5 heteroatoms. The van der Waals surface area contributed by atoms with E-state index in [1.165, 1.54) is 0 Å². The molecule has 1 saturated heterocycles. The molecule has 94 valence electrons. The predicted molar refractivity (Wildman–Crippen MR) is 68.3 cm³/mol. The molecule has 1 fully saturated rings. The van der Waals surface area contributed by atoms with E-state index in [9.17, 15) is 0 Å². The Morgan fingerprint density at radius 3 is 2.12 bits per heavy atom. The van der Waals surface area contributed by atoms with Crippen LogP contribution in [0.15, 0.2) is 12.5 Å². The van der Waals surface area contributed by atoms with E-state index in [-0.39, 0.29) is 18.3 Å². The van der Waals surface area contributed by atoms with Gasteiger partial charge < -0.3 is 13.9 Å². The molecule has 0 amide bonds. The van der Waals surface area contributed by atoms with E-state index in [0.717, 1.165) is 5.59 Å². The van der Waals surface area contributed by atoms with E-state index in [1.54, 1.807) is 0 Å². The van der Waals surface area contributed by atoms with Gasteiger partial charge in [0, 0.05) is 12.2 Å². The van der Waals surface area contributed by atoms with Gasteiger partial charge in [0.1, 0.15) is 0 Å². The van der Waals surface area contributed by atoms with Crippen LogP contribution in [0.1, 0.15) is 47.6 Å². The lowest BCUT2D eigenvalue weighted by atomic mass is 9.86. The van der Waals surface area contributed by atoms with Crippen molar-refractivity contribution in [2.24, 2.45) is 0 Å². The fourth-order valence-corrected chi connectivity index (χ4v) is 1.72. The molecule has 0 bridgehead atoms. The van der Waals surface area contributed by atoms with Crippen molar-refractivity contribution < 1.29 is 9.31 Å². The maximum atomic E-state index is 5.95. The van der Waals surface area contributed by atoms with E-state index in [1.807, 2.05) is 40.2 Å². The highest BCUT2D eigenvalue weighted by Gasteiger charge is 2.52. The normalized spacial score (nSPS) is 22.4. The van der Waals surface area contributed by atoms with Gasteiger partial charge in [0.2, 0.25) is 0 Å². The van der Waals surface area contributed by atoms with E-state index in [0.29, 0.717) is 6.04 Å². The minimum Gasteiger partial charge on any atom is -0.398 e. The van der Waals surface area contributed by atoms with Gasteiger partial charge in [-0.3, -0.25) is 0 Å². The van der Waals surface area contributed by atoms with Crippen LogP contribution in [0.5, 0.6) is 0 Å². The summed E-state index contributed by atoms with van der Waals surface area (Å²) in [7, 11) is -0.361. The zero-order valence-electron chi connectivity index (χ0n) is 11.5. The Labute approximate surface area is 103 Å². The van der Waals surface area contributed by atoms with Crippen molar-refractivity contribution in [3.05, 3.63) is 12.5 Å². The molecule has 1 aliphatic rings. The highest BCUT2D eigenvalue weighted by Crippen LogP contribution is 2.36. The average molecular weight is 236 g/mol. The highest BCUT2D eigenvalue weighted by atomic mass is 16.7. The van der Waals surface area contributed by atoms with Gasteiger partial charge in [-0.05, 0) is 41.5 Å². The lowest BCUT2D eigenvalue weighted by molar-refractivity contribution is 0.00578. The second kappa shape index (κ2) is 3.85. The van der Waals surface area contributed by atoms with Gasteiger partial charge in [-0.15, -0.1) is 0 Å². The molecule has 17 heavy (non-hydrogen) atoms. The van der Waals surface area contributed by atoms with Gasteiger partial charge in [-0.2, -0.15) is 0 Å². The SMILES string of the molecule is CC(C)n1cnc(B2OC(C)(C)C(C)(C)O2)c1. The second-order valence-corrected chi connectivity index (χ2v) is 5.93. The van der Waals surface area contributed by atoms with Crippen molar-refractivity contribution in [1.82, 2.24) is 9.55 Å². The Hall–Kier alpha value is -0.805. The van der Waals surface area contributed by atoms with E-state index < -0.39 is 0 Å². The summed E-state index contributed by atoms with van der Waals surface area (Å²) in [6.07, 6.45) is 3.82. The topological polar surface area (TPSA) is 36.3 Å². The van der Waals surface area contributed by atoms with Crippen LogP contribution in [-0.2, 0) is 9.31 Å². The summed E-state index contributed by atoms with van der Waals surface area (Å²) in [5.74, 6) is 0. The van der Waals surface area contributed by atoms with Crippen molar-refractivity contribution in [2.45, 2.75) is 58.8 Å². The summed E-state index contributed by atoms with van der Waals surface area (Å²) >= 11 is 0. The molecular weight excluding hydrogens is 215 g/mol. The standard InChI is InChI=1S/C12H21BN2O2/c1-9(2)15-7-10(14-8-15)13-16-11(3,4)12(5,6)17-13/h7-9H,1-6H3. The van der Waals surface area contributed by atoms with Crippen molar-refractivity contribution in [1.29, 1.82) is 0 Å². The Morgan fingerprint density at radius 1 is 1.18 bits per heavy atom. The number of rotatable bonds is 2. The molecule has 0 aromatic carbocycles. The molecule has 0 aliphatic carbocycles. The quantitative estimate of drug-likeness (QED) is 0.734. The van der Waals surface area contributed by atoms with Crippen molar-refractivity contribution in [3.63, 3.8) is 0 Å². The minimum absolute atomic E-state index is 0.306. The molecule has 0 atom stereocenters. The van der Waals surface area contributed by atoms with Crippen LogP contribution in [0.2, 0.25) is 0 Å². The van der Waals surface area contributed by atoms with Gasteiger partial charge in [0.05, 0.1) is 23.1 Å². The Kier molecular flexibility index (Phi) is 2.87. The van der Waals surface area contributed by atoms with Crippen molar-refractivity contribution in [3.8, 4) is 0 Å². The zero-order chi connectivity index (χ0) is 12.8. The molecule has 4 nitrogen and oxygen atoms in total. The Bertz CT molecular complexity index is 396. The minimum atomic E-state index is -0.361.